The van der Waals surface area contributed by atoms with E-state index < -0.39 is 41.1 Å². The average Bonchev–Trinajstić information content (AvgIpc) is 3.81. The van der Waals surface area contributed by atoms with Crippen LogP contribution in [-0.4, -0.2) is 92.6 Å². The number of carbonyl (C=O) groups is 5. The predicted molar refractivity (Wildman–Crippen MR) is 254 cm³/mol. The number of amides is 4. The Labute approximate surface area is 394 Å². The van der Waals surface area contributed by atoms with E-state index in [-0.39, 0.29) is 33.0 Å². The number of hydrogen-bond acceptors (Lipinski definition) is 16. The SMILES string of the molecule is CN(C(=O)OC(C)(C)C)c1nccc(-c2cc(N(C(=O)OC(C)(C)C)C(=O)OC(C)(C)C)c(C(=O)O)s2)n1.CNc1nccc(-c2cc(N)c(C(=O)NCCc3ccc(Cl)cc3Cl)s2)n1. The molecule has 0 aliphatic rings. The minimum atomic E-state index is -1.38. The van der Waals surface area contributed by atoms with Crippen LogP contribution >= 0.6 is 45.9 Å². The molecule has 0 aliphatic carbocycles. The van der Waals surface area contributed by atoms with Crippen LogP contribution in [0.4, 0.5) is 37.7 Å². The number of ether oxygens (including phenoxy) is 3. The lowest BCUT2D eigenvalue weighted by atomic mass is 10.1. The first-order valence-corrected chi connectivity index (χ1v) is 22.1. The van der Waals surface area contributed by atoms with Crippen molar-refractivity contribution in [2.75, 3.05) is 41.5 Å². The summed E-state index contributed by atoms with van der Waals surface area (Å²) in [5.74, 6) is -1.10. The van der Waals surface area contributed by atoms with Crippen molar-refractivity contribution in [1.29, 1.82) is 0 Å². The Morgan fingerprint density at radius 2 is 1.29 bits per heavy atom. The van der Waals surface area contributed by atoms with E-state index in [9.17, 15) is 29.1 Å². The lowest BCUT2D eigenvalue weighted by Crippen LogP contribution is -2.44. The fraction of sp³-hybridized carbons (Fsp3) is 0.372. The van der Waals surface area contributed by atoms with Crippen LogP contribution in [0.1, 0.15) is 87.2 Å². The summed E-state index contributed by atoms with van der Waals surface area (Å²) in [5, 5.41) is 16.8. The molecule has 348 valence electrons. The van der Waals surface area contributed by atoms with Crippen molar-refractivity contribution in [3.63, 3.8) is 0 Å². The van der Waals surface area contributed by atoms with Crippen molar-refractivity contribution >= 4 is 99.3 Å². The molecule has 0 aliphatic heterocycles. The fourth-order valence-corrected chi connectivity index (χ4v) is 7.63. The quantitative estimate of drug-likeness (QED) is 0.0952. The van der Waals surface area contributed by atoms with Gasteiger partial charge in [-0.05, 0) is 111 Å². The van der Waals surface area contributed by atoms with Crippen molar-refractivity contribution in [2.45, 2.75) is 85.5 Å². The molecule has 4 amide bonds. The van der Waals surface area contributed by atoms with E-state index in [1.807, 2.05) is 6.07 Å². The first kappa shape index (κ1) is 51.5. The minimum absolute atomic E-state index is 0.000263. The number of nitrogen functional groups attached to an aromatic ring is 1. The summed E-state index contributed by atoms with van der Waals surface area (Å²) in [6, 6.07) is 11.7. The Morgan fingerprint density at radius 1 is 0.754 bits per heavy atom. The zero-order valence-corrected chi connectivity index (χ0v) is 40.8. The number of nitrogens with zero attached hydrogens (tertiary/aromatic N) is 6. The number of nitrogens with two attached hydrogens (primary N) is 1. The number of anilines is 4. The van der Waals surface area contributed by atoms with Crippen LogP contribution in [0.3, 0.4) is 0 Å². The highest BCUT2D eigenvalue weighted by Crippen LogP contribution is 2.38. The maximum Gasteiger partial charge on any atom is 0.424 e. The fourth-order valence-electron chi connectivity index (χ4n) is 5.21. The number of carboxylic acids is 1. The summed E-state index contributed by atoms with van der Waals surface area (Å²) in [7, 11) is 3.18. The van der Waals surface area contributed by atoms with Gasteiger partial charge in [0.1, 0.15) is 26.6 Å². The van der Waals surface area contributed by atoms with Crippen LogP contribution in [0, 0.1) is 0 Å². The molecule has 22 heteroatoms. The van der Waals surface area contributed by atoms with Crippen LogP contribution in [-0.2, 0) is 20.6 Å². The molecule has 0 radical (unpaired) electrons. The minimum Gasteiger partial charge on any atom is -0.477 e. The molecule has 0 unspecified atom stereocenters. The van der Waals surface area contributed by atoms with Crippen molar-refractivity contribution in [3.8, 4) is 21.1 Å². The highest BCUT2D eigenvalue weighted by atomic mass is 35.5. The van der Waals surface area contributed by atoms with Gasteiger partial charge >= 0.3 is 24.2 Å². The molecular formula is C43H51Cl2N9O9S2. The van der Waals surface area contributed by atoms with Crippen molar-refractivity contribution < 1.29 is 43.3 Å². The Hall–Kier alpha value is -6.09. The number of carbonyl (C=O) groups excluding carboxylic acids is 4. The van der Waals surface area contributed by atoms with E-state index in [2.05, 4.69) is 30.6 Å². The maximum atomic E-state index is 13.1. The van der Waals surface area contributed by atoms with Gasteiger partial charge in [-0.15, -0.1) is 22.7 Å². The van der Waals surface area contributed by atoms with E-state index in [1.165, 1.54) is 36.7 Å². The second kappa shape index (κ2) is 21.3. The second-order valence-electron chi connectivity index (χ2n) is 16.9. The Morgan fingerprint density at radius 3 is 1.85 bits per heavy atom. The van der Waals surface area contributed by atoms with Crippen LogP contribution < -0.4 is 26.2 Å². The Kier molecular flexibility index (Phi) is 16.9. The molecule has 65 heavy (non-hydrogen) atoms. The number of benzene rings is 1. The highest BCUT2D eigenvalue weighted by Gasteiger charge is 2.37. The molecule has 5 N–H and O–H groups in total. The normalized spacial score (nSPS) is 11.4. The molecule has 0 fully saturated rings. The summed E-state index contributed by atoms with van der Waals surface area (Å²) in [6.07, 6.45) is 0.738. The standard InChI is InChI=1S/C25H34N4O8S.C18H17Cl2N5OS/c1-23(2,3)35-20(32)28(10)19-26-12-11-14(27-19)16-13-15(17(38-16)18(30)31)29(21(33)36-24(4,5)6)22(34)37-25(7,8)9;1-22-18-24-7-5-14(25-18)15-9-13(21)16(27-15)17(26)23-6-4-10-2-3-11(19)8-12(10)20/h11-13H,1-10H3,(H,30,31);2-3,5,7-9H,4,6,21H2,1H3,(H,23,26)(H,22,24,25). The molecule has 5 rings (SSSR count). The van der Waals surface area contributed by atoms with Gasteiger partial charge in [-0.3, -0.25) is 4.79 Å². The summed E-state index contributed by atoms with van der Waals surface area (Å²) >= 11 is 14.1. The van der Waals surface area contributed by atoms with Crippen LogP contribution in [0.5, 0.6) is 0 Å². The number of aromatic nitrogens is 4. The van der Waals surface area contributed by atoms with Gasteiger partial charge in [-0.2, -0.15) is 4.90 Å². The monoisotopic (exact) mass is 971 g/mol. The van der Waals surface area contributed by atoms with Crippen molar-refractivity contribution in [1.82, 2.24) is 25.3 Å². The molecule has 0 saturated heterocycles. The topological polar surface area (TPSA) is 241 Å². The van der Waals surface area contributed by atoms with Crippen LogP contribution in [0.2, 0.25) is 10.0 Å². The molecule has 5 aromatic rings. The van der Waals surface area contributed by atoms with Crippen LogP contribution in [0.15, 0.2) is 54.9 Å². The van der Waals surface area contributed by atoms with Crippen molar-refractivity contribution in [2.24, 2.45) is 0 Å². The van der Waals surface area contributed by atoms with Crippen LogP contribution in [0.25, 0.3) is 21.1 Å². The zero-order valence-electron chi connectivity index (χ0n) is 37.7. The predicted octanol–water partition coefficient (Wildman–Crippen LogP) is 10.1. The van der Waals surface area contributed by atoms with E-state index >= 15 is 0 Å². The highest BCUT2D eigenvalue weighted by molar-refractivity contribution is 7.18. The molecule has 1 aromatic carbocycles. The van der Waals surface area contributed by atoms with Gasteiger partial charge in [0.2, 0.25) is 11.9 Å². The Bertz CT molecular complexity index is 2520. The Balaban J connectivity index is 0.000000300. The summed E-state index contributed by atoms with van der Waals surface area (Å²) in [6.45, 7) is 15.3. The van der Waals surface area contributed by atoms with Gasteiger partial charge < -0.3 is 35.7 Å². The third-order valence-electron chi connectivity index (χ3n) is 7.96. The number of hydrogen-bond donors (Lipinski definition) is 4. The zero-order chi connectivity index (χ0) is 48.6. The third kappa shape index (κ3) is 15.0. The summed E-state index contributed by atoms with van der Waals surface area (Å²) < 4.78 is 16.1. The van der Waals surface area contributed by atoms with E-state index in [4.69, 9.17) is 43.1 Å². The number of nitrogens with one attached hydrogen (secondary N) is 2. The second-order valence-corrected chi connectivity index (χ2v) is 19.8. The molecule has 0 saturated carbocycles. The smallest absolute Gasteiger partial charge is 0.424 e. The van der Waals surface area contributed by atoms with E-state index in [0.29, 0.717) is 50.1 Å². The lowest BCUT2D eigenvalue weighted by Gasteiger charge is -2.28. The van der Waals surface area contributed by atoms with E-state index in [0.717, 1.165) is 26.7 Å². The number of rotatable bonds is 10. The largest absolute Gasteiger partial charge is 0.477 e. The van der Waals surface area contributed by atoms with Gasteiger partial charge in [0.15, 0.2) is 0 Å². The molecule has 4 aromatic heterocycles. The lowest BCUT2D eigenvalue weighted by molar-refractivity contribution is 0.0429. The van der Waals surface area contributed by atoms with Gasteiger partial charge in [0.05, 0.1) is 32.5 Å². The average molecular weight is 973 g/mol. The third-order valence-corrected chi connectivity index (χ3v) is 10.8. The summed E-state index contributed by atoms with van der Waals surface area (Å²) in [4.78, 5) is 83.0. The van der Waals surface area contributed by atoms with Crippen molar-refractivity contribution in [3.05, 3.63) is 80.2 Å². The molecular weight excluding hydrogens is 922 g/mol. The van der Waals surface area contributed by atoms with Gasteiger partial charge in [0, 0.05) is 43.1 Å². The number of carboxylic acid groups (broad SMARTS) is 1. The number of aromatic carboxylic acids is 1. The van der Waals surface area contributed by atoms with E-state index in [1.54, 1.807) is 99.8 Å². The molecule has 4 heterocycles. The molecule has 0 atom stereocenters. The first-order chi connectivity index (χ1) is 30.2. The molecule has 0 bridgehead atoms. The van der Waals surface area contributed by atoms with Gasteiger partial charge in [-0.1, -0.05) is 29.3 Å². The number of imide groups is 1. The summed E-state index contributed by atoms with van der Waals surface area (Å²) in [5.41, 5.74) is 5.37. The van der Waals surface area contributed by atoms with Gasteiger partial charge in [0.25, 0.3) is 5.91 Å². The first-order valence-electron chi connectivity index (χ1n) is 19.7. The molecule has 0 spiro atoms. The maximum absolute atomic E-state index is 13.1. The molecule has 18 nitrogen and oxygen atoms in total. The van der Waals surface area contributed by atoms with Gasteiger partial charge in [-0.25, -0.2) is 44.0 Å². The number of thiophene rings is 2. The number of halogens is 2.